The number of rotatable bonds is 4. The van der Waals surface area contributed by atoms with Crippen LogP contribution in [0.4, 0.5) is 17.1 Å². The predicted octanol–water partition coefficient (Wildman–Crippen LogP) is 15.0. The fraction of sp³-hybridized carbons (Fsp3) is 0.179. The molecule has 0 radical (unpaired) electrons. The fourth-order valence-electron chi connectivity index (χ4n) is 11.1. The summed E-state index contributed by atoms with van der Waals surface area (Å²) in [7, 11) is 0. The lowest BCUT2D eigenvalue weighted by atomic mass is 9.61. The highest BCUT2D eigenvalue weighted by molar-refractivity contribution is 6.04. The number of anilines is 3. The highest BCUT2D eigenvalue weighted by atomic mass is 15.1. The van der Waals surface area contributed by atoms with Crippen LogP contribution in [-0.2, 0) is 16.2 Å². The molecule has 8 aromatic carbocycles. The minimum absolute atomic E-state index is 0.00196. The first kappa shape index (κ1) is 34.1. The summed E-state index contributed by atoms with van der Waals surface area (Å²) >= 11 is 0. The van der Waals surface area contributed by atoms with Crippen LogP contribution in [0.3, 0.4) is 0 Å². The standard InChI is InChI=1S/C56H47N/c1-36-30-31-48-53(55(4,5)33-32-54(48,2)3)52(36)44-34-43-42-25-13-16-28-47(42)56(45-26-14-11-23-40(45)41-24-12-15-27-46(41)56)49(43)35-51(44)57(38-20-7-6-8-21-38)50-29-17-19-37-18-9-10-22-39(37)50/h6-31,34-35H,32-33H2,1-5H3. The van der Waals surface area contributed by atoms with E-state index in [4.69, 9.17) is 0 Å². The molecular weight excluding hydrogens is 687 g/mol. The van der Waals surface area contributed by atoms with E-state index < -0.39 is 5.41 Å². The lowest BCUT2D eigenvalue weighted by Crippen LogP contribution is -2.34. The first-order valence-electron chi connectivity index (χ1n) is 20.7. The molecule has 0 bridgehead atoms. The van der Waals surface area contributed by atoms with Gasteiger partial charge in [-0.2, -0.15) is 0 Å². The van der Waals surface area contributed by atoms with E-state index in [0.29, 0.717) is 0 Å². The van der Waals surface area contributed by atoms with E-state index in [1.807, 2.05) is 0 Å². The Balaban J connectivity index is 1.34. The van der Waals surface area contributed by atoms with Crippen molar-refractivity contribution in [2.75, 3.05) is 4.90 Å². The summed E-state index contributed by atoms with van der Waals surface area (Å²) in [4.78, 5) is 2.57. The molecular formula is C56H47N. The Morgan fingerprint density at radius 3 is 1.67 bits per heavy atom. The van der Waals surface area contributed by atoms with Crippen molar-refractivity contribution >= 4 is 27.8 Å². The molecule has 0 unspecified atom stereocenters. The minimum Gasteiger partial charge on any atom is -0.309 e. The molecule has 0 fully saturated rings. The Bertz CT molecular complexity index is 2880. The average Bonchev–Trinajstić information content (AvgIpc) is 3.70. The zero-order chi connectivity index (χ0) is 38.7. The summed E-state index contributed by atoms with van der Waals surface area (Å²) in [6.45, 7) is 12.2. The van der Waals surface area contributed by atoms with Gasteiger partial charge in [0.15, 0.2) is 0 Å². The van der Waals surface area contributed by atoms with Gasteiger partial charge in [0.2, 0.25) is 0 Å². The summed E-state index contributed by atoms with van der Waals surface area (Å²) in [6.07, 6.45) is 2.32. The molecule has 3 aliphatic rings. The van der Waals surface area contributed by atoms with Gasteiger partial charge < -0.3 is 4.90 Å². The molecule has 1 heteroatoms. The fourth-order valence-corrected chi connectivity index (χ4v) is 11.1. The number of para-hydroxylation sites is 1. The summed E-state index contributed by atoms with van der Waals surface area (Å²) in [5.74, 6) is 0. The van der Waals surface area contributed by atoms with Gasteiger partial charge >= 0.3 is 0 Å². The first-order valence-corrected chi connectivity index (χ1v) is 20.7. The van der Waals surface area contributed by atoms with Crippen molar-refractivity contribution < 1.29 is 0 Å². The van der Waals surface area contributed by atoms with Crippen LogP contribution in [0.25, 0.3) is 44.2 Å². The van der Waals surface area contributed by atoms with Gasteiger partial charge in [-0.05, 0) is 133 Å². The summed E-state index contributed by atoms with van der Waals surface area (Å²) in [6, 6.07) is 64.3. The number of hydrogen-bond acceptors (Lipinski definition) is 1. The average molecular weight is 734 g/mol. The third-order valence-electron chi connectivity index (χ3n) is 13.8. The van der Waals surface area contributed by atoms with Crippen LogP contribution in [0.2, 0.25) is 0 Å². The van der Waals surface area contributed by atoms with E-state index >= 15 is 0 Å². The molecule has 276 valence electrons. The molecule has 0 saturated carbocycles. The number of aryl methyl sites for hydroxylation is 1. The smallest absolute Gasteiger partial charge is 0.0726 e. The molecule has 3 aliphatic carbocycles. The maximum Gasteiger partial charge on any atom is 0.0726 e. The topological polar surface area (TPSA) is 3.24 Å². The second kappa shape index (κ2) is 12.2. The lowest BCUT2D eigenvalue weighted by Gasteiger charge is -2.44. The zero-order valence-corrected chi connectivity index (χ0v) is 33.5. The maximum atomic E-state index is 2.61. The second-order valence-corrected chi connectivity index (χ2v) is 17.9. The lowest BCUT2D eigenvalue weighted by molar-refractivity contribution is 0.332. The molecule has 0 N–H and O–H groups in total. The van der Waals surface area contributed by atoms with E-state index in [2.05, 4.69) is 209 Å². The Labute approximate surface area is 337 Å². The normalized spacial score (nSPS) is 16.1. The summed E-state index contributed by atoms with van der Waals surface area (Å²) in [5.41, 5.74) is 20.9. The maximum absolute atomic E-state index is 2.61. The molecule has 0 saturated heterocycles. The number of fused-ring (bicyclic) bond motifs is 12. The monoisotopic (exact) mass is 733 g/mol. The van der Waals surface area contributed by atoms with Crippen molar-refractivity contribution in [3.05, 3.63) is 209 Å². The first-order chi connectivity index (χ1) is 27.7. The number of hydrogen-bond donors (Lipinski definition) is 0. The van der Waals surface area contributed by atoms with Gasteiger partial charge in [0.25, 0.3) is 0 Å². The van der Waals surface area contributed by atoms with Gasteiger partial charge in [0.05, 0.1) is 16.8 Å². The molecule has 8 aromatic rings. The minimum atomic E-state index is -0.458. The molecule has 0 aliphatic heterocycles. The van der Waals surface area contributed by atoms with Crippen LogP contribution in [0.15, 0.2) is 170 Å². The predicted molar refractivity (Wildman–Crippen MR) is 240 cm³/mol. The van der Waals surface area contributed by atoms with Gasteiger partial charge in [-0.3, -0.25) is 0 Å². The van der Waals surface area contributed by atoms with Crippen molar-refractivity contribution in [3.63, 3.8) is 0 Å². The van der Waals surface area contributed by atoms with Gasteiger partial charge in [-0.15, -0.1) is 0 Å². The highest BCUT2D eigenvalue weighted by Crippen LogP contribution is 2.65. The third kappa shape index (κ3) is 4.69. The third-order valence-corrected chi connectivity index (χ3v) is 13.8. The zero-order valence-electron chi connectivity index (χ0n) is 33.5. The SMILES string of the molecule is Cc1ccc2c(c1-c1cc3c(cc1N(c1ccccc1)c1cccc4ccccc14)C1(c4ccccc4-c4ccccc41)c1ccccc1-3)C(C)(C)CCC2(C)C. The summed E-state index contributed by atoms with van der Waals surface area (Å²) in [5, 5.41) is 2.47. The van der Waals surface area contributed by atoms with Gasteiger partial charge in [0, 0.05) is 16.6 Å². The van der Waals surface area contributed by atoms with Crippen LogP contribution in [0.1, 0.15) is 79.5 Å². The van der Waals surface area contributed by atoms with Crippen LogP contribution >= 0.6 is 0 Å². The molecule has 0 heterocycles. The van der Waals surface area contributed by atoms with Crippen LogP contribution in [-0.4, -0.2) is 0 Å². The van der Waals surface area contributed by atoms with E-state index in [1.54, 1.807) is 0 Å². The van der Waals surface area contributed by atoms with E-state index in [-0.39, 0.29) is 10.8 Å². The van der Waals surface area contributed by atoms with E-state index in [0.717, 1.165) is 12.1 Å². The molecule has 11 rings (SSSR count). The van der Waals surface area contributed by atoms with Crippen LogP contribution in [0.5, 0.6) is 0 Å². The van der Waals surface area contributed by atoms with Gasteiger partial charge in [-0.1, -0.05) is 167 Å². The Kier molecular flexibility index (Phi) is 7.27. The van der Waals surface area contributed by atoms with Crippen LogP contribution in [0, 0.1) is 6.92 Å². The van der Waals surface area contributed by atoms with Crippen molar-refractivity contribution in [1.29, 1.82) is 0 Å². The van der Waals surface area contributed by atoms with Crippen molar-refractivity contribution in [2.45, 2.75) is 63.7 Å². The van der Waals surface area contributed by atoms with Crippen molar-refractivity contribution in [3.8, 4) is 33.4 Å². The number of benzene rings is 8. The molecule has 1 spiro atoms. The molecule has 0 atom stereocenters. The van der Waals surface area contributed by atoms with Gasteiger partial charge in [0.1, 0.15) is 0 Å². The quantitative estimate of drug-likeness (QED) is 0.174. The Morgan fingerprint density at radius 2 is 0.982 bits per heavy atom. The van der Waals surface area contributed by atoms with Gasteiger partial charge in [-0.25, -0.2) is 0 Å². The van der Waals surface area contributed by atoms with E-state index in [9.17, 15) is 0 Å². The summed E-state index contributed by atoms with van der Waals surface area (Å²) < 4.78 is 0. The highest BCUT2D eigenvalue weighted by Gasteiger charge is 2.52. The van der Waals surface area contributed by atoms with Crippen molar-refractivity contribution in [1.82, 2.24) is 0 Å². The molecule has 0 aromatic heterocycles. The largest absolute Gasteiger partial charge is 0.309 e. The van der Waals surface area contributed by atoms with E-state index in [1.165, 1.54) is 101 Å². The molecule has 1 nitrogen and oxygen atoms in total. The van der Waals surface area contributed by atoms with Crippen molar-refractivity contribution in [2.24, 2.45) is 0 Å². The molecule has 0 amide bonds. The van der Waals surface area contributed by atoms with Crippen LogP contribution < -0.4 is 4.90 Å². The molecule has 57 heavy (non-hydrogen) atoms. The second-order valence-electron chi connectivity index (χ2n) is 17.9. The number of nitrogens with zero attached hydrogens (tertiary/aromatic N) is 1. The Morgan fingerprint density at radius 1 is 0.421 bits per heavy atom. The Hall–Kier alpha value is -6.18.